The lowest BCUT2D eigenvalue weighted by atomic mass is 10.1. The molecule has 0 amide bonds. The lowest BCUT2D eigenvalue weighted by Crippen LogP contribution is -2.22. The summed E-state index contributed by atoms with van der Waals surface area (Å²) >= 11 is 0. The van der Waals surface area contributed by atoms with Crippen LogP contribution in [-0.4, -0.2) is 18.7 Å². The standard InChI is InChI=1S/C18H20F3N3O/c1-12-7-13(2)9-15(8-12)24-17(22)23-10-14-3-5-16(6-4-14)25-11-18(19,20)21/h3-9H,10-11H2,1-2H3,(H3,22,23,24). The van der Waals surface area contributed by atoms with Gasteiger partial charge in [0.1, 0.15) is 5.75 Å². The third-order valence-electron chi connectivity index (χ3n) is 3.25. The van der Waals surface area contributed by atoms with Crippen molar-refractivity contribution in [2.75, 3.05) is 11.9 Å². The van der Waals surface area contributed by atoms with Gasteiger partial charge in [0.05, 0.1) is 6.54 Å². The minimum atomic E-state index is -4.35. The number of anilines is 1. The van der Waals surface area contributed by atoms with E-state index in [0.29, 0.717) is 6.54 Å². The predicted molar refractivity (Wildman–Crippen MR) is 92.9 cm³/mol. The number of benzene rings is 2. The molecular formula is C18H20F3N3O. The second kappa shape index (κ2) is 7.92. The third kappa shape index (κ3) is 6.74. The van der Waals surface area contributed by atoms with E-state index in [9.17, 15) is 13.2 Å². The predicted octanol–water partition coefficient (Wildman–Crippen LogP) is 4.17. The summed E-state index contributed by atoms with van der Waals surface area (Å²) < 4.78 is 40.9. The minimum Gasteiger partial charge on any atom is -0.484 e. The molecule has 0 unspecified atom stereocenters. The molecular weight excluding hydrogens is 331 g/mol. The van der Waals surface area contributed by atoms with Crippen molar-refractivity contribution in [2.45, 2.75) is 26.6 Å². The van der Waals surface area contributed by atoms with Gasteiger partial charge in [0, 0.05) is 5.69 Å². The molecule has 0 fully saturated rings. The van der Waals surface area contributed by atoms with Crippen LogP contribution < -0.4 is 15.8 Å². The van der Waals surface area contributed by atoms with E-state index in [1.165, 1.54) is 12.1 Å². The van der Waals surface area contributed by atoms with Crippen molar-refractivity contribution in [3.8, 4) is 5.75 Å². The van der Waals surface area contributed by atoms with Crippen LogP contribution in [0.15, 0.2) is 47.5 Å². The van der Waals surface area contributed by atoms with Gasteiger partial charge in [-0.1, -0.05) is 18.2 Å². The zero-order valence-electron chi connectivity index (χ0n) is 14.0. The number of rotatable bonds is 5. The van der Waals surface area contributed by atoms with Crippen LogP contribution in [0.2, 0.25) is 0 Å². The van der Waals surface area contributed by atoms with Gasteiger partial charge >= 0.3 is 6.18 Å². The van der Waals surface area contributed by atoms with Crippen molar-refractivity contribution < 1.29 is 17.9 Å². The number of nitrogens with zero attached hydrogens (tertiary/aromatic N) is 1. The molecule has 2 aromatic rings. The Morgan fingerprint density at radius 1 is 1.08 bits per heavy atom. The molecule has 0 spiro atoms. The van der Waals surface area contributed by atoms with Crippen LogP contribution >= 0.6 is 0 Å². The van der Waals surface area contributed by atoms with Crippen LogP contribution in [0.4, 0.5) is 18.9 Å². The summed E-state index contributed by atoms with van der Waals surface area (Å²) in [5.41, 5.74) is 9.77. The smallest absolute Gasteiger partial charge is 0.422 e. The molecule has 7 heteroatoms. The molecule has 0 aliphatic rings. The van der Waals surface area contributed by atoms with Crippen molar-refractivity contribution >= 4 is 11.6 Å². The van der Waals surface area contributed by atoms with Gasteiger partial charge in [-0.15, -0.1) is 0 Å². The second-order valence-corrected chi connectivity index (χ2v) is 5.75. The topological polar surface area (TPSA) is 59.6 Å². The van der Waals surface area contributed by atoms with E-state index in [4.69, 9.17) is 5.73 Å². The van der Waals surface area contributed by atoms with Crippen LogP contribution in [0.1, 0.15) is 16.7 Å². The highest BCUT2D eigenvalue weighted by atomic mass is 19.4. The molecule has 0 atom stereocenters. The molecule has 0 aromatic heterocycles. The molecule has 0 aliphatic carbocycles. The summed E-state index contributed by atoms with van der Waals surface area (Å²) in [6, 6.07) is 12.2. The number of alkyl halides is 3. The van der Waals surface area contributed by atoms with Crippen LogP contribution in [-0.2, 0) is 6.54 Å². The number of ether oxygens (including phenoxy) is 1. The van der Waals surface area contributed by atoms with Gasteiger partial charge in [0.2, 0.25) is 0 Å². The van der Waals surface area contributed by atoms with Crippen LogP contribution in [0.5, 0.6) is 5.75 Å². The van der Waals surface area contributed by atoms with Crippen molar-refractivity contribution in [3.05, 3.63) is 59.2 Å². The third-order valence-corrected chi connectivity index (χ3v) is 3.25. The molecule has 25 heavy (non-hydrogen) atoms. The summed E-state index contributed by atoms with van der Waals surface area (Å²) in [4.78, 5) is 4.23. The highest BCUT2D eigenvalue weighted by molar-refractivity contribution is 5.92. The fourth-order valence-electron chi connectivity index (χ4n) is 2.27. The Bertz CT molecular complexity index is 720. The van der Waals surface area contributed by atoms with E-state index in [1.807, 2.05) is 26.0 Å². The second-order valence-electron chi connectivity index (χ2n) is 5.75. The molecule has 0 heterocycles. The van der Waals surface area contributed by atoms with Gasteiger partial charge < -0.3 is 15.8 Å². The average Bonchev–Trinajstić information content (AvgIpc) is 2.50. The van der Waals surface area contributed by atoms with Gasteiger partial charge in [-0.25, -0.2) is 4.99 Å². The van der Waals surface area contributed by atoms with Gasteiger partial charge in [-0.3, -0.25) is 0 Å². The number of nitrogens with one attached hydrogen (secondary N) is 1. The van der Waals surface area contributed by atoms with Crippen LogP contribution in [0, 0.1) is 13.8 Å². The maximum atomic E-state index is 12.1. The maximum absolute atomic E-state index is 12.1. The minimum absolute atomic E-state index is 0.159. The van der Waals surface area contributed by atoms with Crippen molar-refractivity contribution in [1.82, 2.24) is 0 Å². The first-order valence-electron chi connectivity index (χ1n) is 7.65. The van der Waals surface area contributed by atoms with E-state index in [0.717, 1.165) is 22.4 Å². The number of hydrogen-bond acceptors (Lipinski definition) is 2. The summed E-state index contributed by atoms with van der Waals surface area (Å²) in [6.45, 7) is 2.99. The summed E-state index contributed by atoms with van der Waals surface area (Å²) in [6.07, 6.45) is -4.35. The van der Waals surface area contributed by atoms with Gasteiger partial charge in [-0.2, -0.15) is 13.2 Å². The molecule has 2 aromatic carbocycles. The van der Waals surface area contributed by atoms with Gasteiger partial charge in [-0.05, 0) is 54.8 Å². The molecule has 3 N–H and O–H groups in total. The highest BCUT2D eigenvalue weighted by Crippen LogP contribution is 2.19. The summed E-state index contributed by atoms with van der Waals surface area (Å²) in [5.74, 6) is 0.425. The summed E-state index contributed by atoms with van der Waals surface area (Å²) in [7, 11) is 0. The Morgan fingerprint density at radius 3 is 2.24 bits per heavy atom. The zero-order chi connectivity index (χ0) is 18.4. The van der Waals surface area contributed by atoms with E-state index >= 15 is 0 Å². The van der Waals surface area contributed by atoms with E-state index in [2.05, 4.69) is 21.1 Å². The largest absolute Gasteiger partial charge is 0.484 e. The Labute approximate surface area is 144 Å². The average molecular weight is 351 g/mol. The Balaban J connectivity index is 1.91. The van der Waals surface area contributed by atoms with Crippen LogP contribution in [0.25, 0.3) is 0 Å². The first kappa shape index (κ1) is 18.6. The Hall–Kier alpha value is -2.70. The van der Waals surface area contributed by atoms with Crippen molar-refractivity contribution in [2.24, 2.45) is 10.7 Å². The number of hydrogen-bond donors (Lipinski definition) is 2. The number of aryl methyl sites for hydroxylation is 2. The molecule has 134 valence electrons. The van der Waals surface area contributed by atoms with Gasteiger partial charge in [0.15, 0.2) is 12.6 Å². The number of halogens is 3. The fraction of sp³-hybridized carbons (Fsp3) is 0.278. The highest BCUT2D eigenvalue weighted by Gasteiger charge is 2.28. The molecule has 0 radical (unpaired) electrons. The van der Waals surface area contributed by atoms with Crippen molar-refractivity contribution in [3.63, 3.8) is 0 Å². The molecule has 0 bridgehead atoms. The SMILES string of the molecule is Cc1cc(C)cc(NC(N)=NCc2ccc(OCC(F)(F)F)cc2)c1. The molecule has 2 rings (SSSR count). The zero-order valence-corrected chi connectivity index (χ0v) is 14.0. The van der Waals surface area contributed by atoms with E-state index in [-0.39, 0.29) is 11.7 Å². The lowest BCUT2D eigenvalue weighted by molar-refractivity contribution is -0.153. The molecule has 0 aliphatic heterocycles. The number of guanidine groups is 1. The Kier molecular flexibility index (Phi) is 5.90. The molecule has 4 nitrogen and oxygen atoms in total. The van der Waals surface area contributed by atoms with Crippen LogP contribution in [0.3, 0.4) is 0 Å². The fourth-order valence-corrected chi connectivity index (χ4v) is 2.27. The first-order valence-corrected chi connectivity index (χ1v) is 7.65. The van der Waals surface area contributed by atoms with Gasteiger partial charge in [0.25, 0.3) is 0 Å². The lowest BCUT2D eigenvalue weighted by Gasteiger charge is -2.10. The number of aliphatic imine (C=N–C) groups is 1. The van der Waals surface area contributed by atoms with E-state index in [1.54, 1.807) is 12.1 Å². The normalized spacial score (nSPS) is 12.1. The number of nitrogens with two attached hydrogens (primary N) is 1. The molecule has 0 saturated carbocycles. The summed E-state index contributed by atoms with van der Waals surface area (Å²) in [5, 5.41) is 3.02. The molecule has 0 saturated heterocycles. The Morgan fingerprint density at radius 2 is 1.68 bits per heavy atom. The van der Waals surface area contributed by atoms with Crippen molar-refractivity contribution in [1.29, 1.82) is 0 Å². The first-order chi connectivity index (χ1) is 11.7. The van der Waals surface area contributed by atoms with E-state index < -0.39 is 12.8 Å². The monoisotopic (exact) mass is 351 g/mol. The maximum Gasteiger partial charge on any atom is 0.422 e. The quantitative estimate of drug-likeness (QED) is 0.628.